The minimum absolute atomic E-state index is 0.0583. The summed E-state index contributed by atoms with van der Waals surface area (Å²) in [6.45, 7) is 6.03. The molecule has 0 bridgehead atoms. The van der Waals surface area contributed by atoms with Crippen LogP contribution < -0.4 is 4.74 Å². The summed E-state index contributed by atoms with van der Waals surface area (Å²) in [5.41, 5.74) is 0.299. The predicted octanol–water partition coefficient (Wildman–Crippen LogP) is 2.55. The summed E-state index contributed by atoms with van der Waals surface area (Å²) >= 11 is 0. The number of carbonyl (C=O) groups is 2. The molecular formula is C18H25FN2O3. The maximum atomic E-state index is 13.8. The third-order valence-corrected chi connectivity index (χ3v) is 4.61. The molecule has 0 N–H and O–H groups in total. The van der Waals surface area contributed by atoms with Gasteiger partial charge in [-0.05, 0) is 31.0 Å². The van der Waals surface area contributed by atoms with Gasteiger partial charge >= 0.3 is 0 Å². The second-order valence-electron chi connectivity index (χ2n) is 5.98. The fraction of sp³-hybridized carbons (Fsp3) is 0.556. The van der Waals surface area contributed by atoms with E-state index < -0.39 is 5.82 Å². The van der Waals surface area contributed by atoms with Gasteiger partial charge < -0.3 is 14.5 Å². The second-order valence-corrected chi connectivity index (χ2v) is 5.98. The van der Waals surface area contributed by atoms with E-state index in [1.165, 1.54) is 19.2 Å². The number of methoxy groups -OCH3 is 1. The minimum Gasteiger partial charge on any atom is -0.494 e. The van der Waals surface area contributed by atoms with Gasteiger partial charge in [-0.1, -0.05) is 13.8 Å². The van der Waals surface area contributed by atoms with Crippen molar-refractivity contribution in [1.29, 1.82) is 0 Å². The molecule has 0 aromatic heterocycles. The smallest absolute Gasteiger partial charge is 0.254 e. The van der Waals surface area contributed by atoms with Gasteiger partial charge in [0.15, 0.2) is 11.6 Å². The zero-order chi connectivity index (χ0) is 17.7. The molecule has 132 valence electrons. The van der Waals surface area contributed by atoms with Crippen LogP contribution in [0.3, 0.4) is 0 Å². The largest absolute Gasteiger partial charge is 0.494 e. The van der Waals surface area contributed by atoms with Gasteiger partial charge in [0.2, 0.25) is 5.91 Å². The summed E-state index contributed by atoms with van der Waals surface area (Å²) in [5.74, 6) is -0.422. The van der Waals surface area contributed by atoms with Gasteiger partial charge in [0, 0.05) is 37.7 Å². The molecule has 2 rings (SSSR count). The van der Waals surface area contributed by atoms with E-state index in [1.807, 2.05) is 18.7 Å². The molecule has 2 amide bonds. The number of halogens is 1. The van der Waals surface area contributed by atoms with Crippen LogP contribution in [0.25, 0.3) is 0 Å². The summed E-state index contributed by atoms with van der Waals surface area (Å²) in [5, 5.41) is 0. The van der Waals surface area contributed by atoms with E-state index in [-0.39, 0.29) is 23.5 Å². The lowest BCUT2D eigenvalue weighted by Gasteiger charge is -2.36. The van der Waals surface area contributed by atoms with Crippen LogP contribution in [0.15, 0.2) is 18.2 Å². The molecule has 0 spiro atoms. The molecule has 1 heterocycles. The monoisotopic (exact) mass is 336 g/mol. The van der Waals surface area contributed by atoms with Crippen LogP contribution in [0.4, 0.5) is 4.39 Å². The van der Waals surface area contributed by atoms with Gasteiger partial charge in [0.1, 0.15) is 0 Å². The van der Waals surface area contributed by atoms with Crippen molar-refractivity contribution in [3.63, 3.8) is 0 Å². The van der Waals surface area contributed by atoms with Crippen molar-refractivity contribution in [3.05, 3.63) is 29.6 Å². The predicted molar refractivity (Wildman–Crippen MR) is 89.5 cm³/mol. The Bertz CT molecular complexity index is 594. The quantitative estimate of drug-likeness (QED) is 0.830. The molecule has 0 atom stereocenters. The number of ether oxygens (including phenoxy) is 1. The lowest BCUT2D eigenvalue weighted by molar-refractivity contribution is -0.137. The van der Waals surface area contributed by atoms with E-state index in [0.29, 0.717) is 31.7 Å². The second kappa shape index (κ2) is 8.13. The van der Waals surface area contributed by atoms with Crippen molar-refractivity contribution in [1.82, 2.24) is 9.80 Å². The van der Waals surface area contributed by atoms with E-state index in [0.717, 1.165) is 12.8 Å². The van der Waals surface area contributed by atoms with Gasteiger partial charge in [-0.3, -0.25) is 9.59 Å². The first-order valence-corrected chi connectivity index (χ1v) is 8.43. The molecule has 1 aliphatic heterocycles. The lowest BCUT2D eigenvalue weighted by atomic mass is 10.0. The van der Waals surface area contributed by atoms with Gasteiger partial charge in [0.25, 0.3) is 5.91 Å². The number of hydrogen-bond donors (Lipinski definition) is 0. The summed E-state index contributed by atoms with van der Waals surface area (Å²) in [7, 11) is 1.38. The highest BCUT2D eigenvalue weighted by Gasteiger charge is 2.28. The van der Waals surface area contributed by atoms with Crippen LogP contribution >= 0.6 is 0 Å². The Morgan fingerprint density at radius 1 is 1.12 bits per heavy atom. The van der Waals surface area contributed by atoms with Crippen LogP contribution in [-0.4, -0.2) is 54.9 Å². The SMILES string of the molecule is CCC(CC)C(=O)N1CCN(C(=O)c2ccc(OC)c(F)c2)CC1. The Morgan fingerprint density at radius 2 is 1.71 bits per heavy atom. The van der Waals surface area contributed by atoms with Crippen molar-refractivity contribution in [2.24, 2.45) is 5.92 Å². The fourth-order valence-corrected chi connectivity index (χ4v) is 3.01. The average Bonchev–Trinajstić information content (AvgIpc) is 2.62. The highest BCUT2D eigenvalue weighted by atomic mass is 19.1. The molecule has 24 heavy (non-hydrogen) atoms. The van der Waals surface area contributed by atoms with Gasteiger partial charge in [0.05, 0.1) is 7.11 Å². The van der Waals surface area contributed by atoms with Crippen LogP contribution in [0.2, 0.25) is 0 Å². The number of benzene rings is 1. The van der Waals surface area contributed by atoms with Crippen molar-refractivity contribution in [3.8, 4) is 5.75 Å². The van der Waals surface area contributed by atoms with E-state index in [1.54, 1.807) is 11.0 Å². The number of carbonyl (C=O) groups excluding carboxylic acids is 2. The minimum atomic E-state index is -0.550. The molecule has 1 aromatic carbocycles. The Balaban J connectivity index is 1.98. The Hall–Kier alpha value is -2.11. The zero-order valence-electron chi connectivity index (χ0n) is 14.5. The number of nitrogens with zero attached hydrogens (tertiary/aromatic N) is 2. The number of rotatable bonds is 5. The summed E-state index contributed by atoms with van der Waals surface area (Å²) in [6.07, 6.45) is 1.67. The van der Waals surface area contributed by atoms with E-state index in [2.05, 4.69) is 0 Å². The molecule has 1 aromatic rings. The molecular weight excluding hydrogens is 311 g/mol. The number of amides is 2. The number of hydrogen-bond acceptors (Lipinski definition) is 3. The Morgan fingerprint density at radius 3 is 2.21 bits per heavy atom. The summed E-state index contributed by atoms with van der Waals surface area (Å²) in [4.78, 5) is 28.4. The molecule has 0 unspecified atom stereocenters. The fourth-order valence-electron chi connectivity index (χ4n) is 3.01. The Labute approximate surface area is 142 Å². The lowest BCUT2D eigenvalue weighted by Crippen LogP contribution is -2.51. The van der Waals surface area contributed by atoms with Crippen molar-refractivity contribution in [2.75, 3.05) is 33.3 Å². The summed E-state index contributed by atoms with van der Waals surface area (Å²) in [6, 6.07) is 4.21. The molecule has 0 aliphatic carbocycles. The molecule has 0 radical (unpaired) electrons. The third kappa shape index (κ3) is 3.86. The van der Waals surface area contributed by atoms with Crippen molar-refractivity contribution < 1.29 is 18.7 Å². The first-order valence-electron chi connectivity index (χ1n) is 8.43. The highest BCUT2D eigenvalue weighted by molar-refractivity contribution is 5.94. The topological polar surface area (TPSA) is 49.9 Å². The maximum Gasteiger partial charge on any atom is 0.254 e. The molecule has 5 nitrogen and oxygen atoms in total. The standard InChI is InChI=1S/C18H25FN2O3/c1-4-13(5-2)17(22)20-8-10-21(11-9-20)18(23)14-6-7-16(24-3)15(19)12-14/h6-7,12-13H,4-5,8-11H2,1-3H3. The molecule has 6 heteroatoms. The van der Waals surface area contributed by atoms with E-state index in [9.17, 15) is 14.0 Å². The van der Waals surface area contributed by atoms with Crippen LogP contribution in [0.1, 0.15) is 37.0 Å². The molecule has 0 saturated carbocycles. The summed E-state index contributed by atoms with van der Waals surface area (Å²) < 4.78 is 18.6. The van der Waals surface area contributed by atoms with Crippen molar-refractivity contribution in [2.45, 2.75) is 26.7 Å². The first kappa shape index (κ1) is 18.2. The van der Waals surface area contributed by atoms with Crippen molar-refractivity contribution >= 4 is 11.8 Å². The van der Waals surface area contributed by atoms with Gasteiger partial charge in [-0.15, -0.1) is 0 Å². The van der Waals surface area contributed by atoms with Crippen LogP contribution in [-0.2, 0) is 4.79 Å². The normalized spacial score (nSPS) is 14.9. The van der Waals surface area contributed by atoms with E-state index >= 15 is 0 Å². The highest BCUT2D eigenvalue weighted by Crippen LogP contribution is 2.20. The molecule has 1 saturated heterocycles. The Kier molecular flexibility index (Phi) is 6.17. The first-order chi connectivity index (χ1) is 11.5. The molecule has 1 fully saturated rings. The van der Waals surface area contributed by atoms with Gasteiger partial charge in [-0.2, -0.15) is 0 Å². The van der Waals surface area contributed by atoms with Crippen LogP contribution in [0.5, 0.6) is 5.75 Å². The van der Waals surface area contributed by atoms with Gasteiger partial charge in [-0.25, -0.2) is 4.39 Å². The van der Waals surface area contributed by atoms with E-state index in [4.69, 9.17) is 4.74 Å². The zero-order valence-corrected chi connectivity index (χ0v) is 14.5. The maximum absolute atomic E-state index is 13.8. The molecule has 1 aliphatic rings. The third-order valence-electron chi connectivity index (χ3n) is 4.61. The van der Waals surface area contributed by atoms with Crippen LogP contribution in [0, 0.1) is 11.7 Å². The average molecular weight is 336 g/mol. The number of piperazine rings is 1.